The van der Waals surface area contributed by atoms with Crippen LogP contribution in [0.4, 0.5) is 11.4 Å². The van der Waals surface area contributed by atoms with Crippen molar-refractivity contribution in [1.82, 2.24) is 0 Å². The number of carbonyl (C=O) groups is 1. The summed E-state index contributed by atoms with van der Waals surface area (Å²) in [6.07, 6.45) is 1.03. The molecule has 0 saturated heterocycles. The summed E-state index contributed by atoms with van der Waals surface area (Å²) >= 11 is 15.3. The molecular weight excluding hydrogens is 439 g/mol. The number of amides is 1. The summed E-state index contributed by atoms with van der Waals surface area (Å²) in [5.41, 5.74) is 0.621. The molecule has 1 N–H and O–H groups in total. The third kappa shape index (κ3) is 4.86. The Balaban J connectivity index is 2.24. The molecule has 128 valence electrons. The molecule has 0 unspecified atom stereocenters. The fourth-order valence-electron chi connectivity index (χ4n) is 1.93. The summed E-state index contributed by atoms with van der Waals surface area (Å²) in [5, 5.41) is 3.08. The molecule has 0 radical (unpaired) electrons. The highest BCUT2D eigenvalue weighted by Crippen LogP contribution is 2.30. The van der Waals surface area contributed by atoms with Gasteiger partial charge in [0.2, 0.25) is 15.9 Å². The maximum atomic E-state index is 12.3. The van der Waals surface area contributed by atoms with Crippen LogP contribution in [0.1, 0.15) is 0 Å². The number of hydrogen-bond donors (Lipinski definition) is 1. The fraction of sp³-hybridized carbons (Fsp3) is 0.133. The third-order valence-corrected chi connectivity index (χ3v) is 5.33. The van der Waals surface area contributed by atoms with Crippen molar-refractivity contribution in [2.75, 3.05) is 22.4 Å². The van der Waals surface area contributed by atoms with Gasteiger partial charge >= 0.3 is 0 Å². The van der Waals surface area contributed by atoms with Gasteiger partial charge in [-0.25, -0.2) is 8.42 Å². The van der Waals surface area contributed by atoms with E-state index < -0.39 is 22.5 Å². The summed E-state index contributed by atoms with van der Waals surface area (Å²) in [6.45, 7) is -0.401. The highest BCUT2D eigenvalue weighted by Gasteiger charge is 2.21. The van der Waals surface area contributed by atoms with E-state index in [4.69, 9.17) is 23.2 Å². The Bertz CT molecular complexity index is 837. The van der Waals surface area contributed by atoms with Gasteiger partial charge in [-0.2, -0.15) is 0 Å². The molecule has 2 aromatic rings. The summed E-state index contributed by atoms with van der Waals surface area (Å²) in [6, 6.07) is 11.4. The molecule has 0 aliphatic rings. The van der Waals surface area contributed by atoms with Gasteiger partial charge in [-0.15, -0.1) is 0 Å². The largest absolute Gasteiger partial charge is 0.322 e. The van der Waals surface area contributed by atoms with Crippen LogP contribution >= 0.6 is 39.1 Å². The van der Waals surface area contributed by atoms with Crippen LogP contribution in [-0.4, -0.2) is 27.1 Å². The second kappa shape index (κ2) is 7.74. The third-order valence-electron chi connectivity index (χ3n) is 3.03. The molecule has 0 atom stereocenters. The van der Waals surface area contributed by atoms with Gasteiger partial charge < -0.3 is 5.32 Å². The Morgan fingerprint density at radius 1 is 1.12 bits per heavy atom. The van der Waals surface area contributed by atoms with E-state index in [0.29, 0.717) is 5.69 Å². The molecule has 5 nitrogen and oxygen atoms in total. The lowest BCUT2D eigenvalue weighted by molar-refractivity contribution is -0.114. The molecule has 2 rings (SSSR count). The molecule has 0 spiro atoms. The second-order valence-corrected chi connectivity index (χ2v) is 8.53. The lowest BCUT2D eigenvalue weighted by atomic mass is 10.3. The van der Waals surface area contributed by atoms with Crippen LogP contribution in [0.25, 0.3) is 0 Å². The Morgan fingerprint density at radius 3 is 2.17 bits per heavy atom. The lowest BCUT2D eigenvalue weighted by Crippen LogP contribution is -2.37. The maximum Gasteiger partial charge on any atom is 0.245 e. The fourth-order valence-corrected chi connectivity index (χ4v) is 3.55. The SMILES string of the molecule is CS(=O)(=O)N(CC(=O)Nc1c(Cl)cccc1Cl)c1ccc(Br)cc1. The average molecular weight is 452 g/mol. The molecule has 0 aliphatic heterocycles. The summed E-state index contributed by atoms with van der Waals surface area (Å²) < 4.78 is 25.8. The van der Waals surface area contributed by atoms with E-state index in [9.17, 15) is 13.2 Å². The molecule has 2 aromatic carbocycles. The van der Waals surface area contributed by atoms with E-state index in [2.05, 4.69) is 21.2 Å². The first-order valence-electron chi connectivity index (χ1n) is 6.65. The average Bonchev–Trinajstić information content (AvgIpc) is 2.49. The van der Waals surface area contributed by atoms with Crippen LogP contribution in [0.2, 0.25) is 10.0 Å². The predicted molar refractivity (Wildman–Crippen MR) is 101 cm³/mol. The minimum Gasteiger partial charge on any atom is -0.322 e. The van der Waals surface area contributed by atoms with Crippen molar-refractivity contribution >= 4 is 66.4 Å². The smallest absolute Gasteiger partial charge is 0.245 e. The molecule has 0 aliphatic carbocycles. The number of para-hydroxylation sites is 1. The van der Waals surface area contributed by atoms with Crippen molar-refractivity contribution in [1.29, 1.82) is 0 Å². The summed E-state index contributed by atoms with van der Waals surface area (Å²) in [7, 11) is -3.65. The maximum absolute atomic E-state index is 12.3. The van der Waals surface area contributed by atoms with Crippen LogP contribution in [0.5, 0.6) is 0 Å². The lowest BCUT2D eigenvalue weighted by Gasteiger charge is -2.22. The first-order valence-corrected chi connectivity index (χ1v) is 10.1. The highest BCUT2D eigenvalue weighted by atomic mass is 79.9. The minimum absolute atomic E-state index is 0.245. The van der Waals surface area contributed by atoms with E-state index in [1.54, 1.807) is 42.5 Å². The van der Waals surface area contributed by atoms with E-state index in [0.717, 1.165) is 15.0 Å². The normalized spacial score (nSPS) is 11.2. The zero-order valence-electron chi connectivity index (χ0n) is 12.5. The number of nitrogens with zero attached hydrogens (tertiary/aromatic N) is 1. The molecule has 0 heterocycles. The van der Waals surface area contributed by atoms with Crippen LogP contribution in [0.15, 0.2) is 46.9 Å². The number of halogens is 3. The standard InChI is InChI=1S/C15H13BrCl2N2O3S/c1-24(22,23)20(11-7-5-10(16)6-8-11)9-14(21)19-15-12(17)3-2-4-13(15)18/h2-8H,9H2,1H3,(H,19,21). The van der Waals surface area contributed by atoms with Gasteiger partial charge in [0.1, 0.15) is 6.54 Å². The molecule has 1 amide bonds. The number of rotatable bonds is 5. The quantitative estimate of drug-likeness (QED) is 0.741. The molecule has 0 aromatic heterocycles. The van der Waals surface area contributed by atoms with Gasteiger partial charge in [-0.3, -0.25) is 9.10 Å². The number of hydrogen-bond acceptors (Lipinski definition) is 3. The highest BCUT2D eigenvalue weighted by molar-refractivity contribution is 9.10. The monoisotopic (exact) mass is 450 g/mol. The van der Waals surface area contributed by atoms with Crippen molar-refractivity contribution in [2.24, 2.45) is 0 Å². The second-order valence-electron chi connectivity index (χ2n) is 4.89. The number of carbonyl (C=O) groups excluding carboxylic acids is 1. The van der Waals surface area contributed by atoms with Gasteiger partial charge in [0.15, 0.2) is 0 Å². The van der Waals surface area contributed by atoms with Gasteiger partial charge in [-0.05, 0) is 36.4 Å². The molecule has 9 heteroatoms. The van der Waals surface area contributed by atoms with Crippen LogP contribution in [0.3, 0.4) is 0 Å². The first kappa shape index (κ1) is 19.1. The van der Waals surface area contributed by atoms with Gasteiger partial charge in [-0.1, -0.05) is 45.2 Å². The van der Waals surface area contributed by atoms with Crippen molar-refractivity contribution < 1.29 is 13.2 Å². The molecule has 0 bridgehead atoms. The zero-order chi connectivity index (χ0) is 17.9. The van der Waals surface area contributed by atoms with Crippen molar-refractivity contribution in [3.63, 3.8) is 0 Å². The number of benzene rings is 2. The Hall–Kier alpha value is -1.28. The van der Waals surface area contributed by atoms with Crippen molar-refractivity contribution in [3.8, 4) is 0 Å². The van der Waals surface area contributed by atoms with E-state index in [1.807, 2.05) is 0 Å². The Morgan fingerprint density at radius 2 is 1.67 bits per heavy atom. The first-order chi connectivity index (χ1) is 11.2. The Kier molecular flexibility index (Phi) is 6.14. The molecule has 0 saturated carbocycles. The summed E-state index contributed by atoms with van der Waals surface area (Å²) in [4.78, 5) is 12.3. The topological polar surface area (TPSA) is 66.5 Å². The van der Waals surface area contributed by atoms with Gasteiger partial charge in [0.05, 0.1) is 27.7 Å². The molecular formula is C15H13BrCl2N2O3S. The number of nitrogens with one attached hydrogen (secondary N) is 1. The van der Waals surface area contributed by atoms with E-state index >= 15 is 0 Å². The summed E-state index contributed by atoms with van der Waals surface area (Å²) in [5.74, 6) is -0.557. The number of sulfonamides is 1. The minimum atomic E-state index is -3.65. The van der Waals surface area contributed by atoms with E-state index in [-0.39, 0.29) is 15.7 Å². The van der Waals surface area contributed by atoms with Gasteiger partial charge in [0, 0.05) is 4.47 Å². The van der Waals surface area contributed by atoms with Crippen LogP contribution in [0, 0.1) is 0 Å². The Labute approximate surface area is 158 Å². The van der Waals surface area contributed by atoms with Crippen molar-refractivity contribution in [2.45, 2.75) is 0 Å². The number of anilines is 2. The molecule has 24 heavy (non-hydrogen) atoms. The van der Waals surface area contributed by atoms with E-state index in [1.165, 1.54) is 0 Å². The zero-order valence-corrected chi connectivity index (χ0v) is 16.4. The van der Waals surface area contributed by atoms with Gasteiger partial charge in [0.25, 0.3) is 0 Å². The van der Waals surface area contributed by atoms with Crippen LogP contribution < -0.4 is 9.62 Å². The predicted octanol–water partition coefficient (Wildman–Crippen LogP) is 4.16. The van der Waals surface area contributed by atoms with Crippen LogP contribution in [-0.2, 0) is 14.8 Å². The molecule has 0 fully saturated rings. The van der Waals surface area contributed by atoms with Crippen molar-refractivity contribution in [3.05, 3.63) is 57.0 Å².